The molecule has 192 valence electrons. The fourth-order valence-corrected chi connectivity index (χ4v) is 7.75. The van der Waals surface area contributed by atoms with Crippen molar-refractivity contribution in [3.05, 3.63) is 82.6 Å². The Hall–Kier alpha value is -2.85. The van der Waals surface area contributed by atoms with E-state index < -0.39 is 10.0 Å². The second-order valence-corrected chi connectivity index (χ2v) is 12.6. The maximum absolute atomic E-state index is 13.8. The van der Waals surface area contributed by atoms with E-state index in [9.17, 15) is 13.2 Å². The van der Waals surface area contributed by atoms with Crippen LogP contribution in [0.15, 0.2) is 65.7 Å². The second-order valence-electron chi connectivity index (χ2n) is 9.26. The van der Waals surface area contributed by atoms with Crippen molar-refractivity contribution in [1.82, 2.24) is 14.3 Å². The Balaban J connectivity index is 1.49. The Kier molecular flexibility index (Phi) is 7.31. The molecule has 2 aromatic carbocycles. The highest BCUT2D eigenvalue weighted by molar-refractivity contribution is 7.89. The lowest BCUT2D eigenvalue weighted by molar-refractivity contribution is 0.0984. The molecule has 0 saturated carbocycles. The van der Waals surface area contributed by atoms with Crippen LogP contribution in [0.2, 0.25) is 5.02 Å². The lowest BCUT2D eigenvalue weighted by atomic mass is 10.1. The van der Waals surface area contributed by atoms with Crippen LogP contribution in [-0.2, 0) is 16.6 Å². The summed E-state index contributed by atoms with van der Waals surface area (Å²) in [5, 5.41) is 1.14. The summed E-state index contributed by atoms with van der Waals surface area (Å²) >= 11 is 7.64. The zero-order chi connectivity index (χ0) is 26.2. The molecule has 1 saturated heterocycles. The van der Waals surface area contributed by atoms with E-state index in [1.54, 1.807) is 27.5 Å². The van der Waals surface area contributed by atoms with E-state index in [1.165, 1.54) is 23.5 Å². The maximum Gasteiger partial charge on any atom is 0.260 e. The highest BCUT2D eigenvalue weighted by Crippen LogP contribution is 2.34. The standard InChI is InChI=1S/C27H27ClN4O3S2/c1-18-15-21(28)16-24-25(18)30-27(36-24)31(17-22-8-3-5-13-29-22)26(33)20-9-11-23(12-10-20)37(34,35)32-14-6-4-7-19(32)2/h3,5,8-13,15-16,19H,4,6-7,14,17H2,1-2H3. The molecule has 37 heavy (non-hydrogen) atoms. The molecule has 0 bridgehead atoms. The third-order valence-corrected chi connectivity index (χ3v) is 9.88. The van der Waals surface area contributed by atoms with Gasteiger partial charge >= 0.3 is 0 Å². The molecule has 1 atom stereocenters. The van der Waals surface area contributed by atoms with Crippen LogP contribution < -0.4 is 4.90 Å². The van der Waals surface area contributed by atoms with Gasteiger partial charge < -0.3 is 0 Å². The number of hydrogen-bond donors (Lipinski definition) is 0. The molecule has 1 aliphatic heterocycles. The minimum atomic E-state index is -3.63. The van der Waals surface area contributed by atoms with Gasteiger partial charge in [0.15, 0.2) is 5.13 Å². The summed E-state index contributed by atoms with van der Waals surface area (Å²) in [7, 11) is -3.63. The molecule has 10 heteroatoms. The fourth-order valence-electron chi connectivity index (χ4n) is 4.63. The summed E-state index contributed by atoms with van der Waals surface area (Å²) in [4.78, 5) is 24.7. The summed E-state index contributed by atoms with van der Waals surface area (Å²) in [5.41, 5.74) is 2.80. The number of carbonyl (C=O) groups is 1. The average molecular weight is 555 g/mol. The topological polar surface area (TPSA) is 83.5 Å². The molecule has 0 aliphatic carbocycles. The number of fused-ring (bicyclic) bond motifs is 1. The number of pyridine rings is 1. The number of piperidine rings is 1. The average Bonchev–Trinajstić information content (AvgIpc) is 3.32. The number of rotatable bonds is 6. The summed E-state index contributed by atoms with van der Waals surface area (Å²) < 4.78 is 28.9. The minimum Gasteiger partial charge on any atom is -0.278 e. The summed E-state index contributed by atoms with van der Waals surface area (Å²) in [6, 6.07) is 15.4. The molecule has 5 rings (SSSR count). The first-order valence-corrected chi connectivity index (χ1v) is 14.8. The Bertz CT molecular complexity index is 1540. The Morgan fingerprint density at radius 2 is 1.95 bits per heavy atom. The van der Waals surface area contributed by atoms with Crippen molar-refractivity contribution in [2.75, 3.05) is 11.4 Å². The summed E-state index contributed by atoms with van der Waals surface area (Å²) in [6.07, 6.45) is 4.42. The number of anilines is 1. The zero-order valence-corrected chi connectivity index (χ0v) is 23.0. The van der Waals surface area contributed by atoms with Crippen LogP contribution in [0.1, 0.15) is 47.8 Å². The molecule has 1 aliphatic rings. The van der Waals surface area contributed by atoms with Gasteiger partial charge in [0, 0.05) is 29.4 Å². The van der Waals surface area contributed by atoms with E-state index in [4.69, 9.17) is 16.6 Å². The van der Waals surface area contributed by atoms with E-state index in [0.717, 1.165) is 35.0 Å². The Morgan fingerprint density at radius 3 is 2.65 bits per heavy atom. The maximum atomic E-state index is 13.8. The first-order chi connectivity index (χ1) is 17.7. The number of aromatic nitrogens is 2. The van der Waals surface area contributed by atoms with Gasteiger partial charge in [-0.15, -0.1) is 0 Å². The van der Waals surface area contributed by atoms with Crippen LogP contribution in [0.5, 0.6) is 0 Å². The van der Waals surface area contributed by atoms with E-state index in [2.05, 4.69) is 4.98 Å². The lowest BCUT2D eigenvalue weighted by Gasteiger charge is -2.32. The third kappa shape index (κ3) is 5.27. The van der Waals surface area contributed by atoms with Crippen molar-refractivity contribution < 1.29 is 13.2 Å². The van der Waals surface area contributed by atoms with Gasteiger partial charge in [-0.25, -0.2) is 13.4 Å². The number of halogens is 1. The quantitative estimate of drug-likeness (QED) is 0.289. The van der Waals surface area contributed by atoms with Gasteiger partial charge in [-0.3, -0.25) is 14.7 Å². The lowest BCUT2D eigenvalue weighted by Crippen LogP contribution is -2.41. The first kappa shape index (κ1) is 25.8. The number of amides is 1. The molecular formula is C27H27ClN4O3S2. The first-order valence-electron chi connectivity index (χ1n) is 12.1. The van der Waals surface area contributed by atoms with E-state index >= 15 is 0 Å². The number of hydrogen-bond acceptors (Lipinski definition) is 6. The van der Waals surface area contributed by atoms with Gasteiger partial charge in [0.05, 0.1) is 27.4 Å². The van der Waals surface area contributed by atoms with E-state index in [0.29, 0.717) is 28.0 Å². The van der Waals surface area contributed by atoms with Crippen LogP contribution in [0.3, 0.4) is 0 Å². The smallest absolute Gasteiger partial charge is 0.260 e. The largest absolute Gasteiger partial charge is 0.278 e. The predicted molar refractivity (Wildman–Crippen MR) is 148 cm³/mol. The molecule has 0 N–H and O–H groups in total. The monoisotopic (exact) mass is 554 g/mol. The molecule has 0 spiro atoms. The number of nitrogens with zero attached hydrogens (tertiary/aromatic N) is 4. The molecule has 4 aromatic rings. The van der Waals surface area contributed by atoms with Crippen LogP contribution in [0, 0.1) is 6.92 Å². The molecule has 1 unspecified atom stereocenters. The third-order valence-electron chi connectivity index (χ3n) is 6.61. The Labute approximate surface area is 225 Å². The van der Waals surface area contributed by atoms with Gasteiger partial charge in [0.1, 0.15) is 0 Å². The number of sulfonamides is 1. The number of carbonyl (C=O) groups excluding carboxylic acids is 1. The molecule has 1 amide bonds. The van der Waals surface area contributed by atoms with Crippen molar-refractivity contribution in [1.29, 1.82) is 0 Å². The highest BCUT2D eigenvalue weighted by Gasteiger charge is 2.31. The molecule has 3 heterocycles. The van der Waals surface area contributed by atoms with Gasteiger partial charge in [0.25, 0.3) is 5.91 Å². The van der Waals surface area contributed by atoms with Crippen LogP contribution in [0.25, 0.3) is 10.2 Å². The van der Waals surface area contributed by atoms with Crippen LogP contribution in [-0.4, -0.2) is 41.2 Å². The SMILES string of the molecule is Cc1cc(Cl)cc2sc(N(Cc3ccccn3)C(=O)c3ccc(S(=O)(=O)N4CCCCC4C)cc3)nc12. The number of thiazole rings is 1. The molecule has 2 aromatic heterocycles. The van der Waals surface area contributed by atoms with Gasteiger partial charge in [-0.05, 0) is 80.8 Å². The van der Waals surface area contributed by atoms with E-state index in [1.807, 2.05) is 44.2 Å². The normalized spacial score (nSPS) is 16.7. The highest BCUT2D eigenvalue weighted by atomic mass is 35.5. The predicted octanol–water partition coefficient (Wildman–Crippen LogP) is 6.06. The van der Waals surface area contributed by atoms with Crippen molar-refractivity contribution in [3.8, 4) is 0 Å². The van der Waals surface area contributed by atoms with Gasteiger partial charge in [-0.2, -0.15) is 4.31 Å². The van der Waals surface area contributed by atoms with Crippen LogP contribution in [0.4, 0.5) is 5.13 Å². The molecular weight excluding hydrogens is 528 g/mol. The van der Waals surface area contributed by atoms with Crippen molar-refractivity contribution in [2.45, 2.75) is 50.6 Å². The van der Waals surface area contributed by atoms with Gasteiger partial charge in [0.2, 0.25) is 10.0 Å². The second kappa shape index (κ2) is 10.5. The molecule has 1 fully saturated rings. The zero-order valence-electron chi connectivity index (χ0n) is 20.6. The Morgan fingerprint density at radius 1 is 1.16 bits per heavy atom. The van der Waals surface area contributed by atoms with E-state index in [-0.39, 0.29) is 23.4 Å². The fraction of sp³-hybridized carbons (Fsp3) is 0.296. The number of benzene rings is 2. The van der Waals surface area contributed by atoms with Crippen molar-refractivity contribution in [3.63, 3.8) is 0 Å². The molecule has 7 nitrogen and oxygen atoms in total. The number of aryl methyl sites for hydroxylation is 1. The summed E-state index contributed by atoms with van der Waals surface area (Å²) in [5.74, 6) is -0.288. The van der Waals surface area contributed by atoms with Crippen molar-refractivity contribution in [2.24, 2.45) is 0 Å². The minimum absolute atomic E-state index is 0.0371. The van der Waals surface area contributed by atoms with Crippen LogP contribution >= 0.6 is 22.9 Å². The summed E-state index contributed by atoms with van der Waals surface area (Å²) in [6.45, 7) is 4.61. The molecule has 0 radical (unpaired) electrons. The van der Waals surface area contributed by atoms with Crippen molar-refractivity contribution >= 4 is 54.2 Å². The van der Waals surface area contributed by atoms with Gasteiger partial charge in [-0.1, -0.05) is 35.4 Å².